The first-order valence-electron chi connectivity index (χ1n) is 8.40. The average Bonchev–Trinajstić information content (AvgIpc) is 3.37. The average molecular weight is 288 g/mol. The van der Waals surface area contributed by atoms with Crippen molar-refractivity contribution in [3.05, 3.63) is 29.3 Å². The molecule has 3 nitrogen and oxygen atoms in total. The summed E-state index contributed by atoms with van der Waals surface area (Å²) in [5, 5.41) is 3.41. The van der Waals surface area contributed by atoms with E-state index in [0.29, 0.717) is 0 Å². The van der Waals surface area contributed by atoms with E-state index in [1.807, 2.05) is 0 Å². The van der Waals surface area contributed by atoms with E-state index in [9.17, 15) is 0 Å². The Labute approximate surface area is 128 Å². The molecule has 0 bridgehead atoms. The second-order valence-electron chi connectivity index (χ2n) is 6.53. The molecule has 1 N–H and O–H groups in total. The summed E-state index contributed by atoms with van der Waals surface area (Å²) in [5.74, 6) is 2.00. The van der Waals surface area contributed by atoms with Crippen LogP contribution in [0.25, 0.3) is 0 Å². The number of methoxy groups -OCH3 is 1. The van der Waals surface area contributed by atoms with Crippen LogP contribution >= 0.6 is 0 Å². The zero-order valence-corrected chi connectivity index (χ0v) is 13.4. The van der Waals surface area contributed by atoms with Crippen LogP contribution in [-0.2, 0) is 13.1 Å². The zero-order valence-electron chi connectivity index (χ0n) is 13.4. The largest absolute Gasteiger partial charge is 0.496 e. The summed E-state index contributed by atoms with van der Waals surface area (Å²) in [6.07, 6.45) is 5.62. The van der Waals surface area contributed by atoms with E-state index in [-0.39, 0.29) is 0 Å². The number of benzene rings is 1. The van der Waals surface area contributed by atoms with Crippen molar-refractivity contribution >= 4 is 0 Å². The Hall–Kier alpha value is -1.06. The Morgan fingerprint density at radius 2 is 2.05 bits per heavy atom. The monoisotopic (exact) mass is 288 g/mol. The van der Waals surface area contributed by atoms with E-state index >= 15 is 0 Å². The second kappa shape index (κ2) is 6.80. The van der Waals surface area contributed by atoms with Gasteiger partial charge >= 0.3 is 0 Å². The van der Waals surface area contributed by atoms with Gasteiger partial charge in [0.05, 0.1) is 7.11 Å². The van der Waals surface area contributed by atoms with Gasteiger partial charge in [0.15, 0.2) is 0 Å². The summed E-state index contributed by atoms with van der Waals surface area (Å²) in [7, 11) is 1.78. The van der Waals surface area contributed by atoms with Crippen molar-refractivity contribution in [2.75, 3.05) is 20.2 Å². The van der Waals surface area contributed by atoms with Crippen molar-refractivity contribution in [2.24, 2.45) is 5.92 Å². The molecule has 0 radical (unpaired) electrons. The summed E-state index contributed by atoms with van der Waals surface area (Å²) < 4.78 is 5.58. The van der Waals surface area contributed by atoms with E-state index in [2.05, 4.69) is 35.3 Å². The van der Waals surface area contributed by atoms with Crippen molar-refractivity contribution in [3.63, 3.8) is 0 Å². The summed E-state index contributed by atoms with van der Waals surface area (Å²) in [4.78, 5) is 2.69. The predicted octanol–water partition coefficient (Wildman–Crippen LogP) is 3.18. The van der Waals surface area contributed by atoms with Crippen LogP contribution in [0.4, 0.5) is 0 Å². The molecule has 0 saturated heterocycles. The highest BCUT2D eigenvalue weighted by molar-refractivity contribution is 5.37. The highest BCUT2D eigenvalue weighted by Gasteiger charge is 2.33. The Morgan fingerprint density at radius 1 is 1.24 bits per heavy atom. The SMILES string of the molecule is CCNCc1ccc(OC)c(CN(CC2CC2)C2CC2)c1. The van der Waals surface area contributed by atoms with Gasteiger partial charge in [0.25, 0.3) is 0 Å². The molecule has 116 valence electrons. The molecule has 0 unspecified atom stereocenters. The van der Waals surface area contributed by atoms with Gasteiger partial charge in [-0.15, -0.1) is 0 Å². The lowest BCUT2D eigenvalue weighted by Crippen LogP contribution is -2.28. The topological polar surface area (TPSA) is 24.5 Å². The molecule has 21 heavy (non-hydrogen) atoms. The summed E-state index contributed by atoms with van der Waals surface area (Å²) in [6, 6.07) is 7.45. The minimum atomic E-state index is 0.827. The standard InChI is InChI=1S/C18H28N2O/c1-3-19-11-15-6-9-18(21-2)16(10-15)13-20(17-7-8-17)12-14-4-5-14/h6,9-10,14,17,19H,3-5,7-8,11-13H2,1-2H3. The van der Waals surface area contributed by atoms with Gasteiger partial charge in [-0.3, -0.25) is 4.90 Å². The number of hydrogen-bond donors (Lipinski definition) is 1. The van der Waals surface area contributed by atoms with Crippen LogP contribution in [0.5, 0.6) is 5.75 Å². The van der Waals surface area contributed by atoms with Gasteiger partial charge in [-0.05, 0) is 55.8 Å². The molecule has 2 saturated carbocycles. The van der Waals surface area contributed by atoms with E-state index in [0.717, 1.165) is 37.3 Å². The third-order valence-corrected chi connectivity index (χ3v) is 4.55. The highest BCUT2D eigenvalue weighted by atomic mass is 16.5. The molecule has 2 aliphatic carbocycles. The van der Waals surface area contributed by atoms with Crippen molar-refractivity contribution in [1.82, 2.24) is 10.2 Å². The molecule has 2 aliphatic rings. The van der Waals surface area contributed by atoms with Crippen molar-refractivity contribution in [1.29, 1.82) is 0 Å². The molecule has 0 atom stereocenters. The van der Waals surface area contributed by atoms with Crippen LogP contribution in [-0.4, -0.2) is 31.1 Å². The molecule has 3 heteroatoms. The van der Waals surface area contributed by atoms with Crippen LogP contribution in [0, 0.1) is 5.92 Å². The van der Waals surface area contributed by atoms with E-state index in [1.54, 1.807) is 7.11 Å². The minimum Gasteiger partial charge on any atom is -0.496 e. The van der Waals surface area contributed by atoms with Crippen molar-refractivity contribution in [2.45, 2.75) is 51.7 Å². The number of hydrogen-bond acceptors (Lipinski definition) is 3. The van der Waals surface area contributed by atoms with E-state index in [4.69, 9.17) is 4.74 Å². The summed E-state index contributed by atoms with van der Waals surface area (Å²) in [6.45, 7) is 6.43. The second-order valence-corrected chi connectivity index (χ2v) is 6.53. The lowest BCUT2D eigenvalue weighted by atomic mass is 10.1. The Morgan fingerprint density at radius 3 is 2.67 bits per heavy atom. The van der Waals surface area contributed by atoms with Gasteiger partial charge < -0.3 is 10.1 Å². The molecule has 1 aromatic carbocycles. The molecular formula is C18H28N2O. The van der Waals surface area contributed by atoms with E-state index in [1.165, 1.54) is 43.4 Å². The van der Waals surface area contributed by atoms with Gasteiger partial charge in [-0.25, -0.2) is 0 Å². The maximum atomic E-state index is 5.58. The van der Waals surface area contributed by atoms with Crippen LogP contribution < -0.4 is 10.1 Å². The Balaban J connectivity index is 1.70. The Kier molecular flexibility index (Phi) is 4.81. The third-order valence-electron chi connectivity index (χ3n) is 4.55. The molecule has 1 aromatic rings. The van der Waals surface area contributed by atoms with E-state index < -0.39 is 0 Å². The first-order chi connectivity index (χ1) is 10.3. The zero-order chi connectivity index (χ0) is 14.7. The molecule has 3 rings (SSSR count). The van der Waals surface area contributed by atoms with Crippen molar-refractivity contribution < 1.29 is 4.74 Å². The number of nitrogens with zero attached hydrogens (tertiary/aromatic N) is 1. The highest BCUT2D eigenvalue weighted by Crippen LogP contribution is 2.36. The van der Waals surface area contributed by atoms with Gasteiger partial charge in [-0.2, -0.15) is 0 Å². The molecule has 0 aromatic heterocycles. The summed E-state index contributed by atoms with van der Waals surface area (Å²) in [5.41, 5.74) is 2.70. The minimum absolute atomic E-state index is 0.827. The smallest absolute Gasteiger partial charge is 0.123 e. The predicted molar refractivity (Wildman–Crippen MR) is 86.5 cm³/mol. The van der Waals surface area contributed by atoms with Gasteiger partial charge in [0.1, 0.15) is 5.75 Å². The van der Waals surface area contributed by atoms with Crippen molar-refractivity contribution in [3.8, 4) is 5.75 Å². The molecule has 2 fully saturated rings. The number of rotatable bonds is 9. The van der Waals surface area contributed by atoms with Crippen LogP contribution in [0.15, 0.2) is 18.2 Å². The lowest BCUT2D eigenvalue weighted by Gasteiger charge is -2.23. The third kappa shape index (κ3) is 4.21. The quantitative estimate of drug-likeness (QED) is 0.755. The van der Waals surface area contributed by atoms with Crippen LogP contribution in [0.1, 0.15) is 43.7 Å². The fourth-order valence-corrected chi connectivity index (χ4v) is 2.97. The number of ether oxygens (including phenoxy) is 1. The fraction of sp³-hybridized carbons (Fsp3) is 0.667. The fourth-order valence-electron chi connectivity index (χ4n) is 2.97. The normalized spacial score (nSPS) is 18.2. The maximum absolute atomic E-state index is 5.58. The van der Waals surface area contributed by atoms with Gasteiger partial charge in [-0.1, -0.05) is 13.0 Å². The summed E-state index contributed by atoms with van der Waals surface area (Å²) >= 11 is 0. The van der Waals surface area contributed by atoms with Gasteiger partial charge in [0, 0.05) is 31.2 Å². The van der Waals surface area contributed by atoms with Crippen LogP contribution in [0.2, 0.25) is 0 Å². The lowest BCUT2D eigenvalue weighted by molar-refractivity contribution is 0.240. The maximum Gasteiger partial charge on any atom is 0.123 e. The molecular weight excluding hydrogens is 260 g/mol. The first-order valence-corrected chi connectivity index (χ1v) is 8.40. The number of nitrogens with one attached hydrogen (secondary N) is 1. The van der Waals surface area contributed by atoms with Gasteiger partial charge in [0.2, 0.25) is 0 Å². The molecule has 0 aliphatic heterocycles. The molecule has 0 spiro atoms. The Bertz CT molecular complexity index is 466. The molecule has 0 heterocycles. The molecule has 0 amide bonds. The van der Waals surface area contributed by atoms with Crippen LogP contribution in [0.3, 0.4) is 0 Å². The first kappa shape index (κ1) is 14.9.